The lowest BCUT2D eigenvalue weighted by molar-refractivity contribution is 0.0555. The molecule has 0 saturated heterocycles. The highest BCUT2D eigenvalue weighted by atomic mass is 16.5. The minimum absolute atomic E-state index is 0.248. The van der Waals surface area contributed by atoms with Crippen molar-refractivity contribution < 1.29 is 9.53 Å². The maximum Gasteiger partial charge on any atom is 0.339 e. The monoisotopic (exact) mass is 269 g/mol. The van der Waals surface area contributed by atoms with Crippen LogP contribution in [0.2, 0.25) is 0 Å². The Morgan fingerprint density at radius 3 is 2.75 bits per heavy atom. The molecular formula is C15H15N3O2. The van der Waals surface area contributed by atoms with Crippen molar-refractivity contribution in [2.45, 2.75) is 20.8 Å². The first-order chi connectivity index (χ1) is 9.54. The molecule has 0 unspecified atom stereocenters. The number of aryl methyl sites for hydroxylation is 1. The molecule has 0 radical (unpaired) electrons. The average Bonchev–Trinajstić information content (AvgIpc) is 2.72. The van der Waals surface area contributed by atoms with Crippen molar-refractivity contribution in [3.05, 3.63) is 46.8 Å². The van der Waals surface area contributed by atoms with Crippen LogP contribution < -0.4 is 0 Å². The number of rotatable bonds is 3. The number of nitrogens with zero attached hydrogens (tertiary/aromatic N) is 3. The van der Waals surface area contributed by atoms with E-state index in [1.807, 2.05) is 26.8 Å². The van der Waals surface area contributed by atoms with Gasteiger partial charge in [-0.05, 0) is 44.5 Å². The van der Waals surface area contributed by atoms with Gasteiger partial charge in [0.2, 0.25) is 0 Å². The normalized spacial score (nSPS) is 10.1. The van der Waals surface area contributed by atoms with E-state index in [1.165, 1.54) is 0 Å². The Morgan fingerprint density at radius 2 is 2.15 bits per heavy atom. The Labute approximate surface area is 117 Å². The fourth-order valence-electron chi connectivity index (χ4n) is 1.92. The highest BCUT2D eigenvalue weighted by Crippen LogP contribution is 2.18. The van der Waals surface area contributed by atoms with Crippen molar-refractivity contribution in [1.82, 2.24) is 9.78 Å². The maximum absolute atomic E-state index is 11.7. The van der Waals surface area contributed by atoms with Gasteiger partial charge < -0.3 is 4.74 Å². The van der Waals surface area contributed by atoms with Gasteiger partial charge in [-0.2, -0.15) is 10.4 Å². The summed E-state index contributed by atoms with van der Waals surface area (Å²) >= 11 is 0. The molecule has 1 heterocycles. The largest absolute Gasteiger partial charge is 0.447 e. The molecule has 5 heteroatoms. The molecule has 1 aromatic heterocycles. The van der Waals surface area contributed by atoms with Crippen molar-refractivity contribution in [1.29, 1.82) is 5.26 Å². The summed E-state index contributed by atoms with van der Waals surface area (Å²) in [6.45, 7) is 5.70. The third kappa shape index (κ3) is 2.54. The highest BCUT2D eigenvalue weighted by molar-refractivity contribution is 5.90. The first-order valence-electron chi connectivity index (χ1n) is 6.22. The third-order valence-electron chi connectivity index (χ3n) is 3.25. The summed E-state index contributed by atoms with van der Waals surface area (Å²) in [5.41, 5.74) is 4.32. The van der Waals surface area contributed by atoms with E-state index in [4.69, 9.17) is 10.00 Å². The van der Waals surface area contributed by atoms with Crippen molar-refractivity contribution in [3.63, 3.8) is 0 Å². The van der Waals surface area contributed by atoms with E-state index in [0.717, 1.165) is 22.6 Å². The molecule has 5 nitrogen and oxygen atoms in total. The van der Waals surface area contributed by atoms with E-state index in [0.29, 0.717) is 5.56 Å². The number of esters is 1. The first kappa shape index (κ1) is 13.8. The lowest BCUT2D eigenvalue weighted by atomic mass is 10.2. The highest BCUT2D eigenvalue weighted by Gasteiger charge is 2.12. The smallest absolute Gasteiger partial charge is 0.339 e. The van der Waals surface area contributed by atoms with E-state index in [2.05, 4.69) is 5.10 Å². The van der Waals surface area contributed by atoms with Gasteiger partial charge in [0.15, 0.2) is 6.61 Å². The van der Waals surface area contributed by atoms with E-state index < -0.39 is 5.97 Å². The lowest BCUT2D eigenvalue weighted by Gasteiger charge is -2.07. The van der Waals surface area contributed by atoms with Crippen LogP contribution in [-0.4, -0.2) is 22.4 Å². The minimum atomic E-state index is -0.508. The lowest BCUT2D eigenvalue weighted by Crippen LogP contribution is -2.07. The number of benzene rings is 1. The van der Waals surface area contributed by atoms with Gasteiger partial charge in [0.1, 0.15) is 6.07 Å². The number of nitriles is 1. The van der Waals surface area contributed by atoms with Gasteiger partial charge >= 0.3 is 5.97 Å². The molecule has 0 N–H and O–H groups in total. The zero-order valence-corrected chi connectivity index (χ0v) is 11.7. The summed E-state index contributed by atoms with van der Waals surface area (Å²) in [6.07, 6.45) is 0. The van der Waals surface area contributed by atoms with Crippen molar-refractivity contribution >= 4 is 5.97 Å². The van der Waals surface area contributed by atoms with Gasteiger partial charge in [-0.3, -0.25) is 0 Å². The fraction of sp³-hybridized carbons (Fsp3) is 0.267. The van der Waals surface area contributed by atoms with Crippen LogP contribution in [0.5, 0.6) is 0 Å². The summed E-state index contributed by atoms with van der Waals surface area (Å²) in [5, 5.41) is 12.9. The molecule has 0 saturated carbocycles. The van der Waals surface area contributed by atoms with Gasteiger partial charge in [0.25, 0.3) is 0 Å². The zero-order chi connectivity index (χ0) is 14.7. The maximum atomic E-state index is 11.7. The van der Waals surface area contributed by atoms with Crippen LogP contribution in [-0.2, 0) is 4.74 Å². The summed E-state index contributed by atoms with van der Waals surface area (Å²) in [5.74, 6) is -0.508. The molecule has 0 bridgehead atoms. The van der Waals surface area contributed by atoms with Crippen molar-refractivity contribution in [2.24, 2.45) is 0 Å². The van der Waals surface area contributed by atoms with E-state index in [-0.39, 0.29) is 6.61 Å². The average molecular weight is 269 g/mol. The van der Waals surface area contributed by atoms with Crippen molar-refractivity contribution in [3.8, 4) is 11.8 Å². The molecule has 0 aliphatic rings. The molecule has 0 fully saturated rings. The van der Waals surface area contributed by atoms with E-state index >= 15 is 0 Å². The standard InChI is InChI=1S/C15H15N3O2/c1-10-11(2)17-18(12(10)3)14-6-4-5-13(9-14)15(19)20-8-7-16/h4-6,9H,8H2,1-3H3. The number of ether oxygens (including phenoxy) is 1. The molecule has 20 heavy (non-hydrogen) atoms. The minimum Gasteiger partial charge on any atom is -0.447 e. The number of hydrogen-bond acceptors (Lipinski definition) is 4. The predicted molar refractivity (Wildman–Crippen MR) is 73.7 cm³/mol. The number of aromatic nitrogens is 2. The van der Waals surface area contributed by atoms with Crippen LogP contribution in [0.25, 0.3) is 5.69 Å². The number of carbonyl (C=O) groups excluding carboxylic acids is 1. The Kier molecular flexibility index (Phi) is 3.85. The van der Waals surface area contributed by atoms with Crippen LogP contribution in [0.1, 0.15) is 27.3 Å². The summed E-state index contributed by atoms with van der Waals surface area (Å²) in [4.78, 5) is 11.7. The van der Waals surface area contributed by atoms with Gasteiger partial charge in [0.05, 0.1) is 16.9 Å². The Balaban J connectivity index is 2.37. The molecule has 2 aromatic rings. The Hall–Kier alpha value is -2.61. The fourth-order valence-corrected chi connectivity index (χ4v) is 1.92. The molecule has 0 aliphatic heterocycles. The second-order valence-electron chi connectivity index (χ2n) is 4.49. The van der Waals surface area contributed by atoms with Gasteiger partial charge in [0, 0.05) is 5.69 Å². The molecule has 2 rings (SSSR count). The number of hydrogen-bond donors (Lipinski definition) is 0. The molecule has 0 atom stereocenters. The van der Waals surface area contributed by atoms with Crippen LogP contribution in [0, 0.1) is 32.1 Å². The molecule has 102 valence electrons. The van der Waals surface area contributed by atoms with E-state index in [9.17, 15) is 4.79 Å². The molecule has 0 spiro atoms. The Morgan fingerprint density at radius 1 is 1.40 bits per heavy atom. The topological polar surface area (TPSA) is 67.9 Å². The quantitative estimate of drug-likeness (QED) is 0.803. The zero-order valence-electron chi connectivity index (χ0n) is 11.7. The van der Waals surface area contributed by atoms with Crippen LogP contribution in [0.3, 0.4) is 0 Å². The first-order valence-corrected chi connectivity index (χ1v) is 6.22. The van der Waals surface area contributed by atoms with Crippen LogP contribution in [0.15, 0.2) is 24.3 Å². The van der Waals surface area contributed by atoms with Gasteiger partial charge in [-0.25, -0.2) is 9.48 Å². The Bertz CT molecular complexity index is 696. The SMILES string of the molecule is Cc1nn(-c2cccc(C(=O)OCC#N)c2)c(C)c1C. The van der Waals surface area contributed by atoms with Gasteiger partial charge in [-0.15, -0.1) is 0 Å². The second kappa shape index (κ2) is 5.57. The van der Waals surface area contributed by atoms with Crippen LogP contribution >= 0.6 is 0 Å². The predicted octanol–water partition coefficient (Wildman–Crippen LogP) is 2.48. The van der Waals surface area contributed by atoms with E-state index in [1.54, 1.807) is 29.0 Å². The molecule has 0 aliphatic carbocycles. The molecular weight excluding hydrogens is 254 g/mol. The summed E-state index contributed by atoms with van der Waals surface area (Å²) in [6, 6.07) is 8.78. The van der Waals surface area contributed by atoms with Crippen LogP contribution in [0.4, 0.5) is 0 Å². The van der Waals surface area contributed by atoms with Gasteiger partial charge in [-0.1, -0.05) is 6.07 Å². The summed E-state index contributed by atoms with van der Waals surface area (Å²) in [7, 11) is 0. The molecule has 1 aromatic carbocycles. The third-order valence-corrected chi connectivity index (χ3v) is 3.25. The second-order valence-corrected chi connectivity index (χ2v) is 4.49. The summed E-state index contributed by atoms with van der Waals surface area (Å²) < 4.78 is 6.59. The number of carbonyl (C=O) groups is 1. The van der Waals surface area contributed by atoms with Crippen molar-refractivity contribution in [2.75, 3.05) is 6.61 Å². The molecule has 0 amide bonds.